The standard InChI is InChI=1S/C5H9O2S2/c6-8-2-1-3-9(7)5-4-8/h1H,2-5H2. The van der Waals surface area contributed by atoms with E-state index in [1.165, 1.54) is 0 Å². The Balaban J connectivity index is 2.25. The molecule has 0 saturated carbocycles. The molecule has 1 fully saturated rings. The van der Waals surface area contributed by atoms with E-state index in [4.69, 9.17) is 0 Å². The van der Waals surface area contributed by atoms with E-state index in [0.29, 0.717) is 23.0 Å². The van der Waals surface area contributed by atoms with Gasteiger partial charge in [0.1, 0.15) is 23.0 Å². The summed E-state index contributed by atoms with van der Waals surface area (Å²) in [6, 6.07) is 0. The largest absolute Gasteiger partial charge is 0.616 e. The van der Waals surface area contributed by atoms with E-state index in [9.17, 15) is 9.11 Å². The third-order valence-corrected chi connectivity index (χ3v) is 3.94. The van der Waals surface area contributed by atoms with Crippen molar-refractivity contribution in [2.24, 2.45) is 0 Å². The fourth-order valence-electron chi connectivity index (χ4n) is 0.664. The summed E-state index contributed by atoms with van der Waals surface area (Å²) in [7, 11) is 0. The van der Waals surface area contributed by atoms with Gasteiger partial charge in [0.25, 0.3) is 0 Å². The van der Waals surface area contributed by atoms with E-state index in [1.54, 1.807) is 0 Å². The molecule has 9 heavy (non-hydrogen) atoms. The average Bonchev–Trinajstić information content (AvgIpc) is 1.97. The Morgan fingerprint density at radius 1 is 1.00 bits per heavy atom. The van der Waals surface area contributed by atoms with E-state index in [1.807, 2.05) is 6.42 Å². The molecule has 0 aliphatic carbocycles. The van der Waals surface area contributed by atoms with Gasteiger partial charge in [0.2, 0.25) is 0 Å². The highest BCUT2D eigenvalue weighted by Crippen LogP contribution is 2.05. The van der Waals surface area contributed by atoms with Crippen molar-refractivity contribution in [2.45, 2.75) is 0 Å². The lowest BCUT2D eigenvalue weighted by molar-refractivity contribution is 0.593. The minimum atomic E-state index is -0.727. The Kier molecular flexibility index (Phi) is 3.18. The van der Waals surface area contributed by atoms with Crippen LogP contribution >= 0.6 is 0 Å². The van der Waals surface area contributed by atoms with Crippen molar-refractivity contribution in [1.29, 1.82) is 0 Å². The first kappa shape index (κ1) is 7.72. The highest BCUT2D eigenvalue weighted by molar-refractivity contribution is 7.95. The van der Waals surface area contributed by atoms with Crippen molar-refractivity contribution < 1.29 is 9.11 Å². The number of hydrogen-bond donors (Lipinski definition) is 0. The van der Waals surface area contributed by atoms with Gasteiger partial charge < -0.3 is 9.11 Å². The summed E-state index contributed by atoms with van der Waals surface area (Å²) < 4.78 is 21.5. The van der Waals surface area contributed by atoms with Crippen LogP contribution in [-0.4, -0.2) is 32.1 Å². The molecule has 2 nitrogen and oxygen atoms in total. The molecule has 2 atom stereocenters. The molecule has 1 radical (unpaired) electrons. The summed E-state index contributed by atoms with van der Waals surface area (Å²) >= 11 is -1.45. The second kappa shape index (κ2) is 3.71. The molecule has 1 aliphatic rings. The maximum absolute atomic E-state index is 10.8. The topological polar surface area (TPSA) is 46.1 Å². The Labute approximate surface area is 61.4 Å². The van der Waals surface area contributed by atoms with Crippen molar-refractivity contribution in [3.8, 4) is 0 Å². The monoisotopic (exact) mass is 165 g/mol. The van der Waals surface area contributed by atoms with Gasteiger partial charge in [0.05, 0.1) is 6.42 Å². The highest BCUT2D eigenvalue weighted by Gasteiger charge is 2.18. The van der Waals surface area contributed by atoms with E-state index in [2.05, 4.69) is 0 Å². The Morgan fingerprint density at radius 2 is 1.44 bits per heavy atom. The summed E-state index contributed by atoms with van der Waals surface area (Å²) in [6.45, 7) is 0. The quantitative estimate of drug-likeness (QED) is 0.463. The van der Waals surface area contributed by atoms with Crippen molar-refractivity contribution in [3.63, 3.8) is 0 Å². The maximum Gasteiger partial charge on any atom is 0.149 e. The first-order valence-corrected chi connectivity index (χ1v) is 5.78. The maximum atomic E-state index is 10.8. The second-order valence-electron chi connectivity index (χ2n) is 1.91. The van der Waals surface area contributed by atoms with Crippen molar-refractivity contribution in [3.05, 3.63) is 6.42 Å². The molecular weight excluding hydrogens is 156 g/mol. The zero-order valence-corrected chi connectivity index (χ0v) is 6.67. The van der Waals surface area contributed by atoms with Gasteiger partial charge in [-0.2, -0.15) is 0 Å². The van der Waals surface area contributed by atoms with Crippen LogP contribution < -0.4 is 0 Å². The van der Waals surface area contributed by atoms with Crippen LogP contribution in [0.4, 0.5) is 0 Å². The fraction of sp³-hybridized carbons (Fsp3) is 0.800. The molecule has 0 aromatic carbocycles. The third kappa shape index (κ3) is 2.80. The van der Waals surface area contributed by atoms with Crippen LogP contribution in [0.1, 0.15) is 0 Å². The summed E-state index contributed by atoms with van der Waals surface area (Å²) in [5, 5.41) is 0. The highest BCUT2D eigenvalue weighted by atomic mass is 32.2. The lowest BCUT2D eigenvalue weighted by Gasteiger charge is -2.05. The lowest BCUT2D eigenvalue weighted by Crippen LogP contribution is -2.14. The molecule has 1 aliphatic heterocycles. The van der Waals surface area contributed by atoms with Gasteiger partial charge in [-0.1, -0.05) is 0 Å². The van der Waals surface area contributed by atoms with Crippen LogP contribution in [0, 0.1) is 6.42 Å². The number of rotatable bonds is 0. The van der Waals surface area contributed by atoms with Crippen LogP contribution in [0.3, 0.4) is 0 Å². The van der Waals surface area contributed by atoms with Crippen LogP contribution in [0.2, 0.25) is 0 Å². The summed E-state index contributed by atoms with van der Waals surface area (Å²) in [6.07, 6.45) is 1.86. The van der Waals surface area contributed by atoms with E-state index >= 15 is 0 Å². The molecule has 53 valence electrons. The smallest absolute Gasteiger partial charge is 0.149 e. The van der Waals surface area contributed by atoms with Gasteiger partial charge >= 0.3 is 0 Å². The molecule has 0 bridgehead atoms. The SMILES string of the molecule is [O-][S+]1C[CH]C[S+]([O-])CC1. The minimum Gasteiger partial charge on any atom is -0.616 e. The molecule has 0 aromatic rings. The van der Waals surface area contributed by atoms with Gasteiger partial charge in [-0.25, -0.2) is 0 Å². The summed E-state index contributed by atoms with van der Waals surface area (Å²) in [4.78, 5) is 0. The molecule has 0 amide bonds. The summed E-state index contributed by atoms with van der Waals surface area (Å²) in [5.41, 5.74) is 0. The van der Waals surface area contributed by atoms with E-state index < -0.39 is 22.4 Å². The fourth-order valence-corrected chi connectivity index (χ4v) is 3.39. The van der Waals surface area contributed by atoms with Crippen LogP contribution in [0.15, 0.2) is 0 Å². The Hall–Kier alpha value is 0.620. The second-order valence-corrected chi connectivity index (χ2v) is 5.15. The van der Waals surface area contributed by atoms with E-state index in [-0.39, 0.29) is 0 Å². The predicted octanol–water partition coefficient (Wildman–Crippen LogP) is -0.298. The molecular formula is C5H9O2S2. The normalized spacial score (nSPS) is 38.0. The third-order valence-electron chi connectivity index (χ3n) is 1.15. The average molecular weight is 165 g/mol. The van der Waals surface area contributed by atoms with Gasteiger partial charge in [0.15, 0.2) is 0 Å². The molecule has 4 heteroatoms. The first-order valence-electron chi connectivity index (χ1n) is 2.80. The molecule has 0 spiro atoms. The molecule has 1 rings (SSSR count). The molecule has 0 N–H and O–H groups in total. The van der Waals surface area contributed by atoms with Crippen molar-refractivity contribution in [1.82, 2.24) is 0 Å². The summed E-state index contributed by atoms with van der Waals surface area (Å²) in [5.74, 6) is 2.49. The van der Waals surface area contributed by atoms with Gasteiger partial charge in [-0.05, 0) is 22.4 Å². The minimum absolute atomic E-state index is 0.614. The van der Waals surface area contributed by atoms with Crippen LogP contribution in [0.5, 0.6) is 0 Å². The Bertz CT molecular complexity index is 79.0. The van der Waals surface area contributed by atoms with Gasteiger partial charge in [0, 0.05) is 0 Å². The molecule has 0 aromatic heterocycles. The molecule has 1 saturated heterocycles. The number of hydrogen-bond acceptors (Lipinski definition) is 2. The van der Waals surface area contributed by atoms with Crippen LogP contribution in [-0.2, 0) is 22.4 Å². The zero-order valence-electron chi connectivity index (χ0n) is 5.04. The zero-order chi connectivity index (χ0) is 6.69. The lowest BCUT2D eigenvalue weighted by atomic mass is 10.6. The first-order chi connectivity index (χ1) is 4.29. The predicted molar refractivity (Wildman–Crippen MR) is 40.1 cm³/mol. The van der Waals surface area contributed by atoms with Gasteiger partial charge in [-0.3, -0.25) is 0 Å². The van der Waals surface area contributed by atoms with Crippen LogP contribution in [0.25, 0.3) is 0 Å². The van der Waals surface area contributed by atoms with Gasteiger partial charge in [-0.15, -0.1) is 0 Å². The van der Waals surface area contributed by atoms with Crippen molar-refractivity contribution >= 4 is 22.4 Å². The van der Waals surface area contributed by atoms with Crippen molar-refractivity contribution in [2.75, 3.05) is 23.0 Å². The van der Waals surface area contributed by atoms with E-state index in [0.717, 1.165) is 0 Å². The Morgan fingerprint density at radius 3 is 1.89 bits per heavy atom. The molecule has 2 unspecified atom stereocenters. The molecule has 1 heterocycles.